The van der Waals surface area contributed by atoms with Gasteiger partial charge in [-0.1, -0.05) is 42.5 Å². The molecular formula is C38H38N6O3. The fourth-order valence-corrected chi connectivity index (χ4v) is 5.73. The quantitative estimate of drug-likeness (QED) is 0.168. The van der Waals surface area contributed by atoms with Gasteiger partial charge in [0.15, 0.2) is 12.1 Å². The number of benzene rings is 2. The van der Waals surface area contributed by atoms with Crippen molar-refractivity contribution in [1.82, 2.24) is 24.8 Å². The lowest BCUT2D eigenvalue weighted by Gasteiger charge is -2.39. The number of carbonyl (C=O) groups excluding carboxylic acids is 3. The van der Waals surface area contributed by atoms with Crippen molar-refractivity contribution in [2.75, 3.05) is 7.05 Å². The smallest absolute Gasteiger partial charge is 0.168 e. The first kappa shape index (κ1) is 33.0. The second-order valence-corrected chi connectivity index (χ2v) is 11.7. The molecule has 2 aromatic carbocycles. The summed E-state index contributed by atoms with van der Waals surface area (Å²) in [6.45, 7) is 5.43. The Morgan fingerprint density at radius 3 is 2.28 bits per heavy atom. The van der Waals surface area contributed by atoms with Crippen LogP contribution in [0.1, 0.15) is 64.5 Å². The number of piperidine rings is 1. The maximum Gasteiger partial charge on any atom is 0.168 e. The zero-order valence-corrected chi connectivity index (χ0v) is 27.1. The number of aromatic nitrogens is 4. The highest BCUT2D eigenvalue weighted by atomic mass is 16.1. The van der Waals surface area contributed by atoms with Gasteiger partial charge < -0.3 is 4.98 Å². The van der Waals surface area contributed by atoms with E-state index in [4.69, 9.17) is 4.99 Å². The summed E-state index contributed by atoms with van der Waals surface area (Å²) >= 11 is 0. The van der Waals surface area contributed by atoms with E-state index < -0.39 is 0 Å². The number of allylic oxidation sites excluding steroid dienone is 1. The van der Waals surface area contributed by atoms with Crippen molar-refractivity contribution in [3.05, 3.63) is 125 Å². The molecule has 2 atom stereocenters. The lowest BCUT2D eigenvalue weighted by atomic mass is 9.88. The highest BCUT2D eigenvalue weighted by Crippen LogP contribution is 2.36. The standard InChI is InChI=1S/C20H21N3O.C11H10N2O.C7H7NO/c1-13-6-5-9-21-20(13)19-12-15(24)11-18(23(19)2)17-10-14-7-3-4-8-16(14)22-17;1-8(14)6-7-11-12-9-4-2-3-5-10(9)13-11;1-6-3-2-4-8-7(6)5-9/h3-9,18-19H,10-12H2,1-2H3;2-7H,1H3,(H,12,13);2-5H,1H3/b;7-6+;/t18-,19+;;/m1../s1. The third kappa shape index (κ3) is 8.25. The number of ketones is 2. The van der Waals surface area contributed by atoms with Gasteiger partial charge in [-0.15, -0.1) is 0 Å². The minimum Gasteiger partial charge on any atom is -0.338 e. The van der Waals surface area contributed by atoms with Crippen molar-refractivity contribution < 1.29 is 14.4 Å². The second kappa shape index (κ2) is 15.2. The van der Waals surface area contributed by atoms with Gasteiger partial charge in [-0.05, 0) is 87.0 Å². The van der Waals surface area contributed by atoms with Crippen LogP contribution < -0.4 is 0 Å². The average Bonchev–Trinajstić information content (AvgIpc) is 3.70. The molecule has 1 saturated heterocycles. The van der Waals surface area contributed by atoms with Crippen molar-refractivity contribution in [1.29, 1.82) is 0 Å². The van der Waals surface area contributed by atoms with Crippen LogP contribution in [0.5, 0.6) is 0 Å². The number of hydrogen-bond acceptors (Lipinski definition) is 8. The van der Waals surface area contributed by atoms with E-state index in [9.17, 15) is 14.4 Å². The molecule has 5 heterocycles. The summed E-state index contributed by atoms with van der Waals surface area (Å²) in [6.07, 6.45) is 9.28. The molecule has 9 heteroatoms. The maximum atomic E-state index is 12.4. The van der Waals surface area contributed by atoms with Crippen LogP contribution in [0.25, 0.3) is 17.1 Å². The van der Waals surface area contributed by atoms with E-state index in [1.54, 1.807) is 12.3 Å². The van der Waals surface area contributed by atoms with Gasteiger partial charge in [-0.2, -0.15) is 0 Å². The number of pyridine rings is 2. The number of imidazole rings is 1. The van der Waals surface area contributed by atoms with Gasteiger partial charge >= 0.3 is 0 Å². The predicted molar refractivity (Wildman–Crippen MR) is 185 cm³/mol. The number of para-hydroxylation sites is 3. The normalized spacial score (nSPS) is 17.3. The van der Waals surface area contributed by atoms with Crippen LogP contribution in [0.15, 0.2) is 96.3 Å². The monoisotopic (exact) mass is 626 g/mol. The number of hydrogen-bond donors (Lipinski definition) is 1. The van der Waals surface area contributed by atoms with E-state index in [0.717, 1.165) is 52.0 Å². The molecule has 9 nitrogen and oxygen atoms in total. The lowest BCUT2D eigenvalue weighted by Crippen LogP contribution is -2.47. The predicted octanol–water partition coefficient (Wildman–Crippen LogP) is 6.79. The summed E-state index contributed by atoms with van der Waals surface area (Å²) in [4.78, 5) is 56.2. The summed E-state index contributed by atoms with van der Waals surface area (Å²) in [5.74, 6) is 1.03. The first-order valence-electron chi connectivity index (χ1n) is 15.5. The van der Waals surface area contributed by atoms with Gasteiger partial charge in [0.1, 0.15) is 17.3 Å². The SMILES string of the molecule is CC(=O)/C=C/c1nc2ccccc2[nH]1.Cc1cccnc1C=O.Cc1cccnc1[C@@H]1CC(=O)C[C@H](C2=Nc3ccccc3C2)N1C. The van der Waals surface area contributed by atoms with Crippen molar-refractivity contribution in [3.63, 3.8) is 0 Å². The second-order valence-electron chi connectivity index (χ2n) is 11.7. The van der Waals surface area contributed by atoms with Gasteiger partial charge in [-0.25, -0.2) is 4.98 Å². The third-order valence-electron chi connectivity index (χ3n) is 8.25. The fraction of sp³-hybridized carbons (Fsp3) is 0.237. The number of rotatable bonds is 5. The molecule has 0 bridgehead atoms. The van der Waals surface area contributed by atoms with Crippen molar-refractivity contribution in [3.8, 4) is 0 Å². The van der Waals surface area contributed by atoms with Crippen molar-refractivity contribution in [2.24, 2.45) is 4.99 Å². The Balaban J connectivity index is 0.000000159. The number of fused-ring (bicyclic) bond motifs is 2. The van der Waals surface area contributed by atoms with E-state index in [1.165, 1.54) is 18.6 Å². The zero-order valence-electron chi connectivity index (χ0n) is 27.1. The molecule has 0 amide bonds. The van der Waals surface area contributed by atoms with Gasteiger partial charge in [-0.3, -0.25) is 34.2 Å². The minimum atomic E-state index is 0.0189. The Morgan fingerprint density at radius 1 is 0.894 bits per heavy atom. The van der Waals surface area contributed by atoms with E-state index in [0.29, 0.717) is 30.1 Å². The van der Waals surface area contributed by atoms with Crippen LogP contribution >= 0.6 is 0 Å². The number of aldehydes is 1. The Morgan fingerprint density at radius 2 is 1.60 bits per heavy atom. The van der Waals surface area contributed by atoms with Crippen LogP contribution in [-0.2, 0) is 16.0 Å². The van der Waals surface area contributed by atoms with Crippen molar-refractivity contribution >= 4 is 46.4 Å². The Labute approximate surface area is 274 Å². The molecule has 0 unspecified atom stereocenters. The average molecular weight is 627 g/mol. The summed E-state index contributed by atoms with van der Waals surface area (Å²) in [7, 11) is 2.10. The van der Waals surface area contributed by atoms with E-state index in [2.05, 4.69) is 50.9 Å². The van der Waals surface area contributed by atoms with Gasteiger partial charge in [0, 0.05) is 37.4 Å². The number of Topliss-reactive ketones (excluding diaryl/α,β-unsaturated/α-hetero) is 1. The number of aromatic amines is 1. The highest BCUT2D eigenvalue weighted by molar-refractivity contribution is 6.01. The summed E-state index contributed by atoms with van der Waals surface area (Å²) in [5.41, 5.74) is 8.89. The molecule has 1 N–H and O–H groups in total. The van der Waals surface area contributed by atoms with Crippen LogP contribution in [0.2, 0.25) is 0 Å². The molecule has 0 spiro atoms. The molecule has 0 aliphatic carbocycles. The Bertz CT molecular complexity index is 1930. The largest absolute Gasteiger partial charge is 0.338 e. The van der Waals surface area contributed by atoms with Gasteiger partial charge in [0.2, 0.25) is 0 Å². The van der Waals surface area contributed by atoms with Crippen LogP contribution in [-0.4, -0.2) is 61.5 Å². The van der Waals surface area contributed by atoms with Crippen LogP contribution in [0.3, 0.4) is 0 Å². The number of carbonyl (C=O) groups is 3. The maximum absolute atomic E-state index is 12.4. The number of aliphatic imine (C=N–C) groups is 1. The Hall–Kier alpha value is -5.41. The molecule has 238 valence electrons. The van der Waals surface area contributed by atoms with Crippen molar-refractivity contribution in [2.45, 2.75) is 52.1 Å². The lowest BCUT2D eigenvalue weighted by molar-refractivity contribution is -0.124. The fourth-order valence-electron chi connectivity index (χ4n) is 5.73. The van der Waals surface area contributed by atoms with E-state index in [1.807, 2.05) is 73.8 Å². The highest BCUT2D eigenvalue weighted by Gasteiger charge is 2.38. The number of nitrogens with zero attached hydrogens (tertiary/aromatic N) is 5. The van der Waals surface area contributed by atoms with Crippen LogP contribution in [0.4, 0.5) is 5.69 Å². The zero-order chi connectivity index (χ0) is 33.3. The number of likely N-dealkylation sites (tertiary alicyclic amines) is 1. The van der Waals surface area contributed by atoms with E-state index >= 15 is 0 Å². The molecule has 3 aromatic heterocycles. The summed E-state index contributed by atoms with van der Waals surface area (Å²) < 4.78 is 0. The third-order valence-corrected chi connectivity index (χ3v) is 8.25. The van der Waals surface area contributed by atoms with Gasteiger partial charge in [0.25, 0.3) is 0 Å². The molecule has 1 fully saturated rings. The first-order valence-corrected chi connectivity index (χ1v) is 15.5. The summed E-state index contributed by atoms with van der Waals surface area (Å²) in [6, 6.07) is 23.8. The summed E-state index contributed by atoms with van der Waals surface area (Å²) in [5, 5.41) is 0. The topological polar surface area (TPSA) is 121 Å². The number of nitrogens with one attached hydrogen (secondary N) is 1. The molecule has 0 saturated carbocycles. The Kier molecular flexibility index (Phi) is 10.7. The molecule has 2 aliphatic heterocycles. The molecule has 7 rings (SSSR count). The molecule has 5 aromatic rings. The minimum absolute atomic E-state index is 0.0189. The van der Waals surface area contributed by atoms with E-state index in [-0.39, 0.29) is 17.9 Å². The number of H-pyrrole nitrogens is 1. The van der Waals surface area contributed by atoms with Gasteiger partial charge in [0.05, 0.1) is 34.5 Å². The molecule has 2 aliphatic rings. The number of aryl methyl sites for hydroxylation is 2. The molecule has 47 heavy (non-hydrogen) atoms. The molecule has 0 radical (unpaired) electrons. The molecular weight excluding hydrogens is 588 g/mol. The van der Waals surface area contributed by atoms with Crippen LogP contribution in [0, 0.1) is 13.8 Å². The first-order chi connectivity index (χ1) is 22.7.